The highest BCUT2D eigenvalue weighted by Gasteiger charge is 2.13. The summed E-state index contributed by atoms with van der Waals surface area (Å²) in [5.41, 5.74) is 2.14. The van der Waals surface area contributed by atoms with Gasteiger partial charge < -0.3 is 14.8 Å². The number of morpholine rings is 1. The van der Waals surface area contributed by atoms with E-state index >= 15 is 0 Å². The quantitative estimate of drug-likeness (QED) is 0.402. The molecule has 0 bridgehead atoms. The van der Waals surface area contributed by atoms with Crippen molar-refractivity contribution in [3.63, 3.8) is 0 Å². The normalized spacial score (nSPS) is 14.3. The van der Waals surface area contributed by atoms with Crippen molar-refractivity contribution >= 4 is 34.0 Å². The van der Waals surface area contributed by atoms with E-state index in [1.54, 1.807) is 18.5 Å². The standard InChI is InChI=1S/C25H23ClFN5O2/c26-21-14-18(3-5-22(21)27)29-25-20-15-19(34-13-10-32-8-11-33-12-9-32)4-6-23(20)30-24(31-25)17-2-1-7-28-16-17/h1-7,14-16H,8-13H2,(H,29,30,31). The van der Waals surface area contributed by atoms with Crippen LogP contribution < -0.4 is 10.1 Å². The zero-order valence-electron chi connectivity index (χ0n) is 18.4. The zero-order chi connectivity index (χ0) is 23.3. The predicted molar refractivity (Wildman–Crippen MR) is 130 cm³/mol. The summed E-state index contributed by atoms with van der Waals surface area (Å²) < 4.78 is 25.1. The number of hydrogen-bond acceptors (Lipinski definition) is 7. The summed E-state index contributed by atoms with van der Waals surface area (Å²) in [7, 11) is 0. The molecule has 0 aliphatic carbocycles. The third kappa shape index (κ3) is 5.25. The molecular formula is C25H23ClFN5O2. The van der Waals surface area contributed by atoms with E-state index in [2.05, 4.69) is 15.2 Å². The molecule has 1 aliphatic rings. The zero-order valence-corrected chi connectivity index (χ0v) is 19.1. The number of rotatable bonds is 7. The third-order valence-electron chi connectivity index (χ3n) is 5.55. The van der Waals surface area contributed by atoms with Gasteiger partial charge in [0.2, 0.25) is 0 Å². The summed E-state index contributed by atoms with van der Waals surface area (Å²) in [5, 5.41) is 4.07. The van der Waals surface area contributed by atoms with Gasteiger partial charge >= 0.3 is 0 Å². The monoisotopic (exact) mass is 479 g/mol. The highest BCUT2D eigenvalue weighted by Crippen LogP contribution is 2.31. The molecule has 0 amide bonds. The molecule has 2 aromatic carbocycles. The van der Waals surface area contributed by atoms with Gasteiger partial charge in [0.1, 0.15) is 24.0 Å². The Morgan fingerprint density at radius 2 is 1.97 bits per heavy atom. The van der Waals surface area contributed by atoms with E-state index in [0.717, 1.165) is 55.1 Å². The lowest BCUT2D eigenvalue weighted by atomic mass is 10.2. The van der Waals surface area contributed by atoms with Crippen LogP contribution >= 0.6 is 11.6 Å². The average molecular weight is 480 g/mol. The van der Waals surface area contributed by atoms with E-state index in [4.69, 9.17) is 31.0 Å². The molecule has 34 heavy (non-hydrogen) atoms. The van der Waals surface area contributed by atoms with Gasteiger partial charge in [0.05, 0.1) is 23.8 Å². The van der Waals surface area contributed by atoms with Crippen molar-refractivity contribution in [1.29, 1.82) is 0 Å². The molecule has 0 unspecified atom stereocenters. The Morgan fingerprint density at radius 3 is 2.76 bits per heavy atom. The average Bonchev–Trinajstić information content (AvgIpc) is 2.87. The molecule has 0 spiro atoms. The van der Waals surface area contributed by atoms with Crippen LogP contribution in [0.1, 0.15) is 0 Å². The largest absolute Gasteiger partial charge is 0.492 e. The van der Waals surface area contributed by atoms with Crippen LogP contribution in [0, 0.1) is 5.82 Å². The molecular weight excluding hydrogens is 457 g/mol. The molecule has 1 aliphatic heterocycles. The molecule has 5 rings (SSSR count). The second kappa shape index (κ2) is 10.3. The highest BCUT2D eigenvalue weighted by atomic mass is 35.5. The minimum atomic E-state index is -0.480. The van der Waals surface area contributed by atoms with Gasteiger partial charge in [-0.2, -0.15) is 0 Å². The number of halogens is 2. The van der Waals surface area contributed by atoms with Crippen LogP contribution in [0.2, 0.25) is 5.02 Å². The van der Waals surface area contributed by atoms with Crippen molar-refractivity contribution in [2.24, 2.45) is 0 Å². The number of benzene rings is 2. The van der Waals surface area contributed by atoms with Gasteiger partial charge in [-0.25, -0.2) is 14.4 Å². The van der Waals surface area contributed by atoms with Gasteiger partial charge in [-0.15, -0.1) is 0 Å². The molecule has 3 heterocycles. The number of anilines is 2. The van der Waals surface area contributed by atoms with E-state index < -0.39 is 5.82 Å². The summed E-state index contributed by atoms with van der Waals surface area (Å²) in [6, 6.07) is 13.9. The molecule has 1 saturated heterocycles. The van der Waals surface area contributed by atoms with Crippen molar-refractivity contribution in [1.82, 2.24) is 19.9 Å². The Labute approximate surface area is 201 Å². The molecule has 4 aromatic rings. The van der Waals surface area contributed by atoms with Crippen LogP contribution in [0.3, 0.4) is 0 Å². The summed E-state index contributed by atoms with van der Waals surface area (Å²) in [5.74, 6) is 1.33. The number of nitrogens with zero attached hydrogens (tertiary/aromatic N) is 4. The molecule has 0 radical (unpaired) electrons. The maximum atomic E-state index is 13.7. The minimum Gasteiger partial charge on any atom is -0.492 e. The summed E-state index contributed by atoms with van der Waals surface area (Å²) in [6.07, 6.45) is 3.41. The SMILES string of the molecule is Fc1ccc(Nc2nc(-c3cccnc3)nc3ccc(OCCN4CCOCC4)cc23)cc1Cl. The van der Waals surface area contributed by atoms with Crippen LogP contribution in [0.5, 0.6) is 5.75 Å². The summed E-state index contributed by atoms with van der Waals surface area (Å²) in [4.78, 5) is 15.9. The molecule has 174 valence electrons. The fourth-order valence-corrected chi connectivity index (χ4v) is 3.93. The van der Waals surface area contributed by atoms with Crippen molar-refractivity contribution in [2.45, 2.75) is 0 Å². The number of aromatic nitrogens is 3. The minimum absolute atomic E-state index is 0.0305. The van der Waals surface area contributed by atoms with Crippen molar-refractivity contribution < 1.29 is 13.9 Å². The van der Waals surface area contributed by atoms with Gasteiger partial charge in [0.25, 0.3) is 0 Å². The molecule has 1 fully saturated rings. The third-order valence-corrected chi connectivity index (χ3v) is 5.84. The van der Waals surface area contributed by atoms with E-state index in [1.807, 2.05) is 30.3 Å². The fourth-order valence-electron chi connectivity index (χ4n) is 3.74. The second-order valence-corrected chi connectivity index (χ2v) is 8.28. The van der Waals surface area contributed by atoms with E-state index in [1.165, 1.54) is 12.1 Å². The molecule has 2 aromatic heterocycles. The van der Waals surface area contributed by atoms with E-state index in [0.29, 0.717) is 23.9 Å². The summed E-state index contributed by atoms with van der Waals surface area (Å²) in [6.45, 7) is 4.75. The Hall–Kier alpha value is -3.33. The second-order valence-electron chi connectivity index (χ2n) is 7.87. The van der Waals surface area contributed by atoms with Crippen LogP contribution in [0.15, 0.2) is 60.9 Å². The number of hydrogen-bond donors (Lipinski definition) is 1. The first-order valence-electron chi connectivity index (χ1n) is 11.0. The van der Waals surface area contributed by atoms with E-state index in [-0.39, 0.29) is 5.02 Å². The molecule has 0 saturated carbocycles. The number of ether oxygens (including phenoxy) is 2. The Balaban J connectivity index is 1.45. The first kappa shape index (κ1) is 22.5. The summed E-state index contributed by atoms with van der Waals surface area (Å²) >= 11 is 5.98. The van der Waals surface area contributed by atoms with E-state index in [9.17, 15) is 4.39 Å². The first-order valence-corrected chi connectivity index (χ1v) is 11.4. The highest BCUT2D eigenvalue weighted by molar-refractivity contribution is 6.31. The van der Waals surface area contributed by atoms with Gasteiger partial charge in [-0.1, -0.05) is 11.6 Å². The van der Waals surface area contributed by atoms with Crippen LogP contribution in [0.25, 0.3) is 22.3 Å². The van der Waals surface area contributed by atoms with Crippen LogP contribution in [-0.4, -0.2) is 59.3 Å². The van der Waals surface area contributed by atoms with Crippen molar-refractivity contribution in [3.8, 4) is 17.1 Å². The Bertz CT molecular complexity index is 1290. The lowest BCUT2D eigenvalue weighted by Crippen LogP contribution is -2.38. The van der Waals surface area contributed by atoms with Crippen molar-refractivity contribution in [3.05, 3.63) is 71.8 Å². The number of pyridine rings is 1. The molecule has 0 atom stereocenters. The Morgan fingerprint density at radius 1 is 1.09 bits per heavy atom. The number of nitrogens with one attached hydrogen (secondary N) is 1. The number of fused-ring (bicyclic) bond motifs is 1. The lowest BCUT2D eigenvalue weighted by Gasteiger charge is -2.26. The Kier molecular flexibility index (Phi) is 6.80. The lowest BCUT2D eigenvalue weighted by molar-refractivity contribution is 0.0322. The maximum absolute atomic E-state index is 13.7. The molecule has 7 nitrogen and oxygen atoms in total. The topological polar surface area (TPSA) is 72.4 Å². The van der Waals surface area contributed by atoms with Crippen LogP contribution in [-0.2, 0) is 4.74 Å². The predicted octanol–water partition coefficient (Wildman–Crippen LogP) is 4.94. The first-order chi connectivity index (χ1) is 16.7. The van der Waals surface area contributed by atoms with Crippen LogP contribution in [0.4, 0.5) is 15.9 Å². The molecule has 1 N–H and O–H groups in total. The van der Waals surface area contributed by atoms with Crippen molar-refractivity contribution in [2.75, 3.05) is 44.8 Å². The van der Waals surface area contributed by atoms with Gasteiger partial charge in [-0.05, 0) is 48.5 Å². The molecule has 9 heteroatoms. The van der Waals surface area contributed by atoms with Gasteiger partial charge in [-0.3, -0.25) is 9.88 Å². The maximum Gasteiger partial charge on any atom is 0.163 e. The fraction of sp³-hybridized carbons (Fsp3) is 0.240. The van der Waals surface area contributed by atoms with Gasteiger partial charge in [0.15, 0.2) is 5.82 Å². The van der Waals surface area contributed by atoms with Gasteiger partial charge in [0, 0.05) is 48.7 Å². The smallest absolute Gasteiger partial charge is 0.163 e.